The van der Waals surface area contributed by atoms with E-state index in [2.05, 4.69) is 27.7 Å². The van der Waals surface area contributed by atoms with Crippen molar-refractivity contribution < 1.29 is 4.74 Å². The summed E-state index contributed by atoms with van der Waals surface area (Å²) < 4.78 is 4.93. The second-order valence-corrected chi connectivity index (χ2v) is 4.09. The minimum atomic E-state index is 0.466. The van der Waals surface area contributed by atoms with Crippen molar-refractivity contribution >= 4 is 5.96 Å². The number of rotatable bonds is 4. The van der Waals surface area contributed by atoms with E-state index < -0.39 is 0 Å². The molecule has 0 bridgehead atoms. The van der Waals surface area contributed by atoms with Gasteiger partial charge >= 0.3 is 0 Å². The van der Waals surface area contributed by atoms with E-state index in [9.17, 15) is 0 Å². The van der Waals surface area contributed by atoms with Crippen molar-refractivity contribution in [2.45, 2.75) is 18.9 Å². The highest BCUT2D eigenvalue weighted by molar-refractivity contribution is 5.79. The molecule has 0 aromatic carbocycles. The van der Waals surface area contributed by atoms with Crippen LogP contribution in [0.25, 0.3) is 0 Å². The standard InChI is InChI=1S/C10H23N5O/c1-15-6-3-9(4-7-15)13-10(14-11)12-5-8-16-2/h9H,3-8,11H2,1-2H3,(H2,12,13,14). The predicted molar refractivity (Wildman–Crippen MR) is 65.2 cm³/mol. The highest BCUT2D eigenvalue weighted by Crippen LogP contribution is 2.07. The van der Waals surface area contributed by atoms with Crippen LogP contribution in [0.15, 0.2) is 4.99 Å². The number of guanidine groups is 1. The van der Waals surface area contributed by atoms with Crippen molar-refractivity contribution in [3.8, 4) is 0 Å². The van der Waals surface area contributed by atoms with E-state index in [4.69, 9.17) is 10.6 Å². The molecule has 6 nitrogen and oxygen atoms in total. The maximum atomic E-state index is 5.40. The molecule has 0 aromatic rings. The van der Waals surface area contributed by atoms with Crippen LogP contribution in [0.3, 0.4) is 0 Å². The van der Waals surface area contributed by atoms with Crippen LogP contribution in [0.5, 0.6) is 0 Å². The third-order valence-electron chi connectivity index (χ3n) is 2.76. The van der Waals surface area contributed by atoms with Gasteiger partial charge in [0.05, 0.1) is 13.2 Å². The number of nitrogens with zero attached hydrogens (tertiary/aromatic N) is 2. The molecule has 1 rings (SSSR count). The number of nitrogens with one attached hydrogen (secondary N) is 2. The van der Waals surface area contributed by atoms with Crippen LogP contribution >= 0.6 is 0 Å². The number of hydrogen-bond acceptors (Lipinski definition) is 4. The molecule has 0 atom stereocenters. The van der Waals surface area contributed by atoms with E-state index in [-0.39, 0.29) is 0 Å². The lowest BCUT2D eigenvalue weighted by atomic mass is 10.1. The number of aliphatic imine (C=N–C) groups is 1. The molecule has 0 unspecified atom stereocenters. The third-order valence-corrected chi connectivity index (χ3v) is 2.76. The summed E-state index contributed by atoms with van der Waals surface area (Å²) in [7, 11) is 3.81. The number of methoxy groups -OCH3 is 1. The Kier molecular flexibility index (Phi) is 6.14. The molecule has 16 heavy (non-hydrogen) atoms. The molecular formula is C10H23N5O. The molecule has 0 aliphatic carbocycles. The van der Waals surface area contributed by atoms with E-state index in [1.807, 2.05) is 0 Å². The summed E-state index contributed by atoms with van der Waals surface area (Å²) >= 11 is 0. The normalized spacial score (nSPS) is 19.8. The van der Waals surface area contributed by atoms with Gasteiger partial charge in [0.2, 0.25) is 5.96 Å². The first-order valence-corrected chi connectivity index (χ1v) is 5.71. The Balaban J connectivity index is 2.29. The van der Waals surface area contributed by atoms with Gasteiger partial charge in [0.1, 0.15) is 0 Å². The van der Waals surface area contributed by atoms with Gasteiger partial charge in [-0.2, -0.15) is 0 Å². The van der Waals surface area contributed by atoms with Crippen molar-refractivity contribution in [1.82, 2.24) is 15.6 Å². The van der Waals surface area contributed by atoms with Gasteiger partial charge in [-0.3, -0.25) is 5.43 Å². The van der Waals surface area contributed by atoms with E-state index in [1.165, 1.54) is 0 Å². The van der Waals surface area contributed by atoms with Gasteiger partial charge in [-0.1, -0.05) is 0 Å². The summed E-state index contributed by atoms with van der Waals surface area (Å²) in [6.07, 6.45) is 2.25. The molecule has 4 N–H and O–H groups in total. The Hall–Kier alpha value is -0.850. The number of hydrazine groups is 1. The summed E-state index contributed by atoms with van der Waals surface area (Å²) in [5, 5.41) is 3.32. The van der Waals surface area contributed by atoms with Crippen LogP contribution in [-0.4, -0.2) is 57.3 Å². The highest BCUT2D eigenvalue weighted by Gasteiger charge is 2.16. The Morgan fingerprint density at radius 2 is 2.19 bits per heavy atom. The zero-order valence-electron chi connectivity index (χ0n) is 10.2. The van der Waals surface area contributed by atoms with Crippen molar-refractivity contribution in [3.63, 3.8) is 0 Å². The van der Waals surface area contributed by atoms with Gasteiger partial charge in [0.15, 0.2) is 0 Å². The fraction of sp³-hybridized carbons (Fsp3) is 0.900. The van der Waals surface area contributed by atoms with Crippen LogP contribution in [0.1, 0.15) is 12.8 Å². The topological polar surface area (TPSA) is 74.9 Å². The Labute approximate surface area is 97.2 Å². The minimum absolute atomic E-state index is 0.466. The Morgan fingerprint density at radius 3 is 2.75 bits per heavy atom. The summed E-state index contributed by atoms with van der Waals surface area (Å²) in [6.45, 7) is 3.47. The number of likely N-dealkylation sites (tertiary alicyclic amines) is 1. The second-order valence-electron chi connectivity index (χ2n) is 4.09. The predicted octanol–water partition coefficient (Wildman–Crippen LogP) is -0.864. The quantitative estimate of drug-likeness (QED) is 0.192. The fourth-order valence-corrected chi connectivity index (χ4v) is 1.73. The molecule has 1 aliphatic rings. The molecule has 0 amide bonds. The maximum absolute atomic E-state index is 5.40. The molecule has 1 aliphatic heterocycles. The molecule has 0 saturated carbocycles. The van der Waals surface area contributed by atoms with Crippen LogP contribution in [0.4, 0.5) is 0 Å². The monoisotopic (exact) mass is 229 g/mol. The molecule has 94 valence electrons. The van der Waals surface area contributed by atoms with E-state index in [1.54, 1.807) is 7.11 Å². The lowest BCUT2D eigenvalue weighted by molar-refractivity contribution is 0.207. The van der Waals surface area contributed by atoms with Crippen molar-refractivity contribution in [2.75, 3.05) is 40.4 Å². The van der Waals surface area contributed by atoms with Gasteiger partial charge in [0, 0.05) is 13.2 Å². The molecule has 0 radical (unpaired) electrons. The average molecular weight is 229 g/mol. The number of nitrogens with two attached hydrogens (primary N) is 1. The first-order chi connectivity index (χ1) is 7.76. The molecule has 1 saturated heterocycles. The summed E-state index contributed by atoms with van der Waals surface area (Å²) in [6, 6.07) is 0.466. The number of ether oxygens (including phenoxy) is 1. The van der Waals surface area contributed by atoms with Crippen LogP contribution in [0.2, 0.25) is 0 Å². The summed E-state index contributed by atoms with van der Waals surface area (Å²) in [4.78, 5) is 6.61. The van der Waals surface area contributed by atoms with Gasteiger partial charge in [0.25, 0.3) is 0 Å². The van der Waals surface area contributed by atoms with E-state index in [0.717, 1.165) is 25.9 Å². The molecule has 0 spiro atoms. The zero-order chi connectivity index (χ0) is 11.8. The maximum Gasteiger partial charge on any atom is 0.206 e. The van der Waals surface area contributed by atoms with Gasteiger partial charge in [-0.25, -0.2) is 10.8 Å². The minimum Gasteiger partial charge on any atom is -0.383 e. The van der Waals surface area contributed by atoms with E-state index in [0.29, 0.717) is 25.2 Å². The fourth-order valence-electron chi connectivity index (χ4n) is 1.73. The summed E-state index contributed by atoms with van der Waals surface area (Å²) in [5.74, 6) is 6.06. The first-order valence-electron chi connectivity index (χ1n) is 5.71. The Bertz CT molecular complexity index is 213. The lowest BCUT2D eigenvalue weighted by Gasteiger charge is -2.30. The second kappa shape index (κ2) is 7.43. The van der Waals surface area contributed by atoms with E-state index >= 15 is 0 Å². The molecule has 1 heterocycles. The zero-order valence-corrected chi connectivity index (χ0v) is 10.2. The molecule has 1 fully saturated rings. The van der Waals surface area contributed by atoms with Crippen LogP contribution in [0, 0.1) is 0 Å². The number of hydrogen-bond donors (Lipinski definition) is 3. The smallest absolute Gasteiger partial charge is 0.206 e. The highest BCUT2D eigenvalue weighted by atomic mass is 16.5. The average Bonchev–Trinajstić information content (AvgIpc) is 2.31. The largest absolute Gasteiger partial charge is 0.383 e. The van der Waals surface area contributed by atoms with Crippen molar-refractivity contribution in [3.05, 3.63) is 0 Å². The summed E-state index contributed by atoms with van der Waals surface area (Å²) in [5.41, 5.74) is 2.59. The number of piperidine rings is 1. The Morgan fingerprint density at radius 1 is 1.50 bits per heavy atom. The molecule has 0 aromatic heterocycles. The van der Waals surface area contributed by atoms with Crippen LogP contribution < -0.4 is 16.6 Å². The van der Waals surface area contributed by atoms with Gasteiger partial charge in [-0.05, 0) is 33.0 Å². The van der Waals surface area contributed by atoms with Gasteiger partial charge < -0.3 is 15.0 Å². The van der Waals surface area contributed by atoms with Crippen molar-refractivity contribution in [1.29, 1.82) is 0 Å². The molecular weight excluding hydrogens is 206 g/mol. The SMILES string of the molecule is COCCN=C(NN)NC1CCN(C)CC1. The first kappa shape index (κ1) is 13.2. The van der Waals surface area contributed by atoms with Crippen LogP contribution in [-0.2, 0) is 4.74 Å². The molecule has 6 heteroatoms. The van der Waals surface area contributed by atoms with Gasteiger partial charge in [-0.15, -0.1) is 0 Å². The third kappa shape index (κ3) is 4.78. The van der Waals surface area contributed by atoms with Crippen molar-refractivity contribution in [2.24, 2.45) is 10.8 Å². The lowest BCUT2D eigenvalue weighted by Crippen LogP contribution is -2.50.